The van der Waals surface area contributed by atoms with E-state index >= 15 is 0 Å². The summed E-state index contributed by atoms with van der Waals surface area (Å²) in [6, 6.07) is 0.0388. The Morgan fingerprint density at radius 1 is 1.38 bits per heavy atom. The molecule has 5 nitrogen and oxygen atoms in total. The van der Waals surface area contributed by atoms with E-state index in [0.29, 0.717) is 6.54 Å². The van der Waals surface area contributed by atoms with Crippen molar-refractivity contribution < 1.29 is 13.8 Å². The van der Waals surface area contributed by atoms with Crippen molar-refractivity contribution in [1.82, 2.24) is 9.47 Å². The van der Waals surface area contributed by atoms with Crippen LogP contribution in [-0.4, -0.2) is 43.0 Å². The Balaban J connectivity index is 1.96. The minimum atomic E-state index is -1.76. The van der Waals surface area contributed by atoms with E-state index < -0.39 is 8.32 Å². The molecule has 1 aromatic rings. The lowest BCUT2D eigenvalue weighted by Crippen LogP contribution is -2.45. The van der Waals surface area contributed by atoms with Gasteiger partial charge in [-0.15, -0.1) is 0 Å². The lowest BCUT2D eigenvalue weighted by molar-refractivity contribution is -0.670. The highest BCUT2D eigenvalue weighted by Gasteiger charge is 2.41. The van der Waals surface area contributed by atoms with Crippen molar-refractivity contribution in [2.45, 2.75) is 51.4 Å². The molecule has 1 atom stereocenters. The zero-order valence-corrected chi connectivity index (χ0v) is 15.1. The lowest BCUT2D eigenvalue weighted by atomic mass is 10.2. The SMILES string of the molecule is C[n+]1ccn(C(=O)N2CC[C@@H](O[Si](C)(C)C(C)(C)C)C2)c1. The predicted molar refractivity (Wildman–Crippen MR) is 84.7 cm³/mol. The van der Waals surface area contributed by atoms with Gasteiger partial charge in [-0.05, 0) is 24.6 Å². The molecule has 118 valence electrons. The van der Waals surface area contributed by atoms with E-state index in [1.165, 1.54) is 0 Å². The van der Waals surface area contributed by atoms with Crippen LogP contribution in [0.2, 0.25) is 18.1 Å². The highest BCUT2D eigenvalue weighted by molar-refractivity contribution is 6.74. The van der Waals surface area contributed by atoms with E-state index in [1.54, 1.807) is 17.1 Å². The minimum Gasteiger partial charge on any atom is -0.412 e. The number of imidazole rings is 1. The van der Waals surface area contributed by atoms with Crippen LogP contribution in [0.25, 0.3) is 0 Å². The molecule has 1 aliphatic heterocycles. The van der Waals surface area contributed by atoms with E-state index in [1.807, 2.05) is 22.7 Å². The topological polar surface area (TPSA) is 38.3 Å². The summed E-state index contributed by atoms with van der Waals surface area (Å²) in [5.41, 5.74) is 0. The second kappa shape index (κ2) is 5.57. The smallest absolute Gasteiger partial charge is 0.412 e. The van der Waals surface area contributed by atoms with Gasteiger partial charge >= 0.3 is 6.03 Å². The number of carbonyl (C=O) groups excluding carboxylic acids is 1. The Morgan fingerprint density at radius 2 is 2.05 bits per heavy atom. The molecular weight excluding hydrogens is 282 g/mol. The van der Waals surface area contributed by atoms with E-state index in [2.05, 4.69) is 33.9 Å². The molecule has 1 saturated heterocycles. The number of aromatic nitrogens is 2. The number of hydrogen-bond acceptors (Lipinski definition) is 2. The highest BCUT2D eigenvalue weighted by atomic mass is 28.4. The zero-order valence-electron chi connectivity index (χ0n) is 14.1. The molecule has 0 N–H and O–H groups in total. The molecule has 0 spiro atoms. The number of carbonyl (C=O) groups is 1. The van der Waals surface area contributed by atoms with Gasteiger partial charge in [-0.1, -0.05) is 20.8 Å². The Bertz CT molecular complexity index is 519. The molecule has 0 radical (unpaired) electrons. The molecule has 0 aromatic carbocycles. The van der Waals surface area contributed by atoms with Crippen molar-refractivity contribution in [3.05, 3.63) is 18.7 Å². The summed E-state index contributed by atoms with van der Waals surface area (Å²) in [7, 11) is 0.155. The lowest BCUT2D eigenvalue weighted by Gasteiger charge is -2.38. The summed E-state index contributed by atoms with van der Waals surface area (Å²) in [5, 5.41) is 0.207. The first kappa shape index (κ1) is 16.2. The van der Waals surface area contributed by atoms with Crippen molar-refractivity contribution in [2.24, 2.45) is 7.05 Å². The van der Waals surface area contributed by atoms with Gasteiger partial charge in [-0.25, -0.2) is 9.36 Å². The fourth-order valence-corrected chi connectivity index (χ4v) is 3.70. The van der Waals surface area contributed by atoms with Crippen molar-refractivity contribution >= 4 is 14.3 Å². The molecule has 21 heavy (non-hydrogen) atoms. The van der Waals surface area contributed by atoms with Crippen molar-refractivity contribution in [3.63, 3.8) is 0 Å². The fraction of sp³-hybridized carbons (Fsp3) is 0.733. The van der Waals surface area contributed by atoms with Gasteiger partial charge in [0.25, 0.3) is 6.33 Å². The zero-order chi connectivity index (χ0) is 15.8. The maximum Gasteiger partial charge on any atom is 0.415 e. The van der Waals surface area contributed by atoms with Crippen molar-refractivity contribution in [2.75, 3.05) is 13.1 Å². The molecular formula is C15H28N3O2Si+. The third-order valence-electron chi connectivity index (χ3n) is 4.67. The molecule has 0 aliphatic carbocycles. The molecule has 0 bridgehead atoms. The number of aryl methyl sites for hydroxylation is 1. The third kappa shape index (κ3) is 3.55. The molecule has 6 heteroatoms. The van der Waals surface area contributed by atoms with Crippen LogP contribution in [0.15, 0.2) is 18.7 Å². The van der Waals surface area contributed by atoms with Gasteiger partial charge in [-0.2, -0.15) is 4.57 Å². The van der Waals surface area contributed by atoms with Gasteiger partial charge in [0.05, 0.1) is 13.2 Å². The summed E-state index contributed by atoms with van der Waals surface area (Å²) in [5.74, 6) is 0. The normalized spacial score (nSPS) is 20.1. The summed E-state index contributed by atoms with van der Waals surface area (Å²) >= 11 is 0. The van der Waals surface area contributed by atoms with Crippen LogP contribution in [0.5, 0.6) is 0 Å². The van der Waals surface area contributed by atoms with Crippen molar-refractivity contribution in [1.29, 1.82) is 0 Å². The molecule has 1 aliphatic rings. The highest BCUT2D eigenvalue weighted by Crippen LogP contribution is 2.38. The van der Waals surface area contributed by atoms with Gasteiger partial charge in [-0.3, -0.25) is 0 Å². The Morgan fingerprint density at radius 3 is 2.57 bits per heavy atom. The van der Waals surface area contributed by atoms with E-state index in [9.17, 15) is 4.79 Å². The van der Waals surface area contributed by atoms with Gasteiger partial charge in [0, 0.05) is 13.1 Å². The number of hydrogen-bond donors (Lipinski definition) is 0. The van der Waals surface area contributed by atoms with Crippen LogP contribution in [-0.2, 0) is 11.5 Å². The number of nitrogens with zero attached hydrogens (tertiary/aromatic N) is 3. The number of amides is 1. The average molecular weight is 310 g/mol. The van der Waals surface area contributed by atoms with E-state index in [4.69, 9.17) is 4.43 Å². The molecule has 2 heterocycles. The van der Waals surface area contributed by atoms with Crippen LogP contribution < -0.4 is 4.57 Å². The first-order valence-corrected chi connectivity index (χ1v) is 10.5. The Hall–Kier alpha value is -1.14. The second-order valence-electron chi connectivity index (χ2n) is 7.50. The van der Waals surface area contributed by atoms with Gasteiger partial charge < -0.3 is 9.33 Å². The first-order valence-electron chi connectivity index (χ1n) is 7.60. The molecule has 0 unspecified atom stereocenters. The first-order chi connectivity index (χ1) is 9.60. The number of rotatable bonds is 2. The standard InChI is InChI=1S/C15H28N3O2Si/c1-15(2,3)21(5,6)20-13-7-8-17(11-13)14(19)18-10-9-16(4)12-18/h9-10,12-13H,7-8,11H2,1-6H3/q+1/t13-/m1/s1. The average Bonchev–Trinajstić information content (AvgIpc) is 2.95. The third-order valence-corrected chi connectivity index (χ3v) is 9.21. The molecule has 1 amide bonds. The van der Waals surface area contributed by atoms with Crippen LogP contribution in [0.1, 0.15) is 27.2 Å². The van der Waals surface area contributed by atoms with Crippen LogP contribution >= 0.6 is 0 Å². The molecule has 1 fully saturated rings. The van der Waals surface area contributed by atoms with E-state index in [-0.39, 0.29) is 17.2 Å². The van der Waals surface area contributed by atoms with Crippen LogP contribution in [0, 0.1) is 0 Å². The monoisotopic (exact) mass is 310 g/mol. The quantitative estimate of drug-likeness (QED) is 0.621. The van der Waals surface area contributed by atoms with Gasteiger partial charge in [0.15, 0.2) is 8.32 Å². The summed E-state index contributed by atoms with van der Waals surface area (Å²) < 4.78 is 9.92. The largest absolute Gasteiger partial charge is 0.415 e. The summed E-state index contributed by atoms with van der Waals surface area (Å²) in [4.78, 5) is 14.3. The van der Waals surface area contributed by atoms with Crippen LogP contribution in [0.4, 0.5) is 4.79 Å². The Labute approximate surface area is 128 Å². The maximum atomic E-state index is 12.4. The molecule has 0 saturated carbocycles. The predicted octanol–water partition coefficient (Wildman–Crippen LogP) is 2.38. The van der Waals surface area contributed by atoms with Crippen molar-refractivity contribution in [3.8, 4) is 0 Å². The summed E-state index contributed by atoms with van der Waals surface area (Å²) in [6.07, 6.45) is 6.58. The minimum absolute atomic E-state index is 0.0388. The summed E-state index contributed by atoms with van der Waals surface area (Å²) in [6.45, 7) is 12.8. The second-order valence-corrected chi connectivity index (χ2v) is 12.3. The van der Waals surface area contributed by atoms with Gasteiger partial charge in [0.2, 0.25) is 0 Å². The van der Waals surface area contributed by atoms with Gasteiger partial charge in [0.1, 0.15) is 12.4 Å². The van der Waals surface area contributed by atoms with Crippen LogP contribution in [0.3, 0.4) is 0 Å². The number of likely N-dealkylation sites (tertiary alicyclic amines) is 1. The van der Waals surface area contributed by atoms with E-state index in [0.717, 1.165) is 13.0 Å². The fourth-order valence-electron chi connectivity index (χ4n) is 2.32. The Kier molecular flexibility index (Phi) is 4.30. The maximum absolute atomic E-state index is 12.4. The molecule has 1 aromatic heterocycles. The molecule has 2 rings (SSSR count).